The summed E-state index contributed by atoms with van der Waals surface area (Å²) in [6, 6.07) is 8.65. The number of aryl methyl sites for hydroxylation is 1. The van der Waals surface area contributed by atoms with Crippen LogP contribution in [0.3, 0.4) is 0 Å². The number of halogens is 1. The minimum Gasteiger partial charge on any atom is -0.355 e. The second-order valence-corrected chi connectivity index (χ2v) is 10.4. The normalized spacial score (nSPS) is 19.4. The molecule has 0 saturated carbocycles. The van der Waals surface area contributed by atoms with Gasteiger partial charge in [-0.1, -0.05) is 29.8 Å². The molecular weight excluding hydrogens is 451 g/mol. The summed E-state index contributed by atoms with van der Waals surface area (Å²) in [5.41, 5.74) is 12.3. The van der Waals surface area contributed by atoms with Gasteiger partial charge in [-0.25, -0.2) is 9.97 Å². The van der Waals surface area contributed by atoms with Crippen molar-refractivity contribution in [3.05, 3.63) is 70.9 Å². The van der Waals surface area contributed by atoms with Gasteiger partial charge in [-0.15, -0.1) is 9.24 Å². The van der Waals surface area contributed by atoms with Crippen LogP contribution in [0.2, 0.25) is 5.02 Å². The van der Waals surface area contributed by atoms with Gasteiger partial charge in [-0.2, -0.15) is 0 Å². The molecule has 33 heavy (non-hydrogen) atoms. The quantitative estimate of drug-likeness (QED) is 0.441. The molecule has 2 unspecified atom stereocenters. The Kier molecular flexibility index (Phi) is 4.95. The zero-order chi connectivity index (χ0) is 22.7. The minimum absolute atomic E-state index is 0.0997. The first-order valence-corrected chi connectivity index (χ1v) is 12.2. The number of anilines is 1. The molecule has 3 aromatic heterocycles. The van der Waals surface area contributed by atoms with Gasteiger partial charge in [0, 0.05) is 43.3 Å². The van der Waals surface area contributed by atoms with E-state index in [0.29, 0.717) is 5.02 Å². The Labute approximate surface area is 200 Å². The van der Waals surface area contributed by atoms with E-state index in [2.05, 4.69) is 41.7 Å². The van der Waals surface area contributed by atoms with Crippen LogP contribution in [0.15, 0.2) is 49.1 Å². The van der Waals surface area contributed by atoms with Gasteiger partial charge in [-0.05, 0) is 54.1 Å². The number of hydrogen-bond acceptors (Lipinski definition) is 5. The van der Waals surface area contributed by atoms with Crippen molar-refractivity contribution >= 4 is 37.5 Å². The maximum atomic E-state index is 6.80. The van der Waals surface area contributed by atoms with Crippen LogP contribution in [-0.2, 0) is 6.42 Å². The summed E-state index contributed by atoms with van der Waals surface area (Å²) in [5.74, 6) is 1.77. The summed E-state index contributed by atoms with van der Waals surface area (Å²) in [5, 5.41) is 1.86. The first-order valence-electron chi connectivity index (χ1n) is 11.3. The predicted molar refractivity (Wildman–Crippen MR) is 136 cm³/mol. The number of fused-ring (bicyclic) bond motifs is 2. The van der Waals surface area contributed by atoms with Crippen molar-refractivity contribution in [2.45, 2.75) is 32.2 Å². The van der Waals surface area contributed by atoms with Crippen molar-refractivity contribution < 1.29 is 0 Å². The number of pyridine rings is 1. The van der Waals surface area contributed by atoms with E-state index in [4.69, 9.17) is 27.3 Å². The van der Waals surface area contributed by atoms with Crippen LogP contribution in [0.25, 0.3) is 16.9 Å². The maximum absolute atomic E-state index is 6.80. The predicted octanol–water partition coefficient (Wildman–Crippen LogP) is 4.10. The highest BCUT2D eigenvalue weighted by atomic mass is 35.5. The molecule has 0 bridgehead atoms. The van der Waals surface area contributed by atoms with E-state index in [1.165, 1.54) is 16.4 Å². The number of hydrogen-bond donors (Lipinski definition) is 1. The number of aromatic nitrogens is 4. The Morgan fingerprint density at radius 1 is 1.12 bits per heavy atom. The Bertz CT molecular complexity index is 1370. The van der Waals surface area contributed by atoms with Crippen LogP contribution in [0.4, 0.5) is 5.82 Å². The lowest BCUT2D eigenvalue weighted by Gasteiger charge is -2.42. The second kappa shape index (κ2) is 7.76. The molecule has 6 nitrogen and oxygen atoms in total. The number of benzene rings is 1. The molecule has 1 aliphatic carbocycles. The van der Waals surface area contributed by atoms with E-state index in [9.17, 15) is 0 Å². The lowest BCUT2D eigenvalue weighted by Crippen LogP contribution is -2.44. The van der Waals surface area contributed by atoms with E-state index in [-0.39, 0.29) is 11.5 Å². The van der Waals surface area contributed by atoms with E-state index < -0.39 is 0 Å². The molecule has 2 atom stereocenters. The molecule has 0 radical (unpaired) electrons. The number of nitrogens with two attached hydrogens (primary N) is 1. The lowest BCUT2D eigenvalue weighted by atomic mass is 9.73. The molecular formula is C25H26ClN6P. The third-order valence-corrected chi connectivity index (χ3v) is 8.34. The van der Waals surface area contributed by atoms with Crippen LogP contribution >= 0.6 is 20.8 Å². The highest BCUT2D eigenvalue weighted by molar-refractivity contribution is 7.27. The lowest BCUT2D eigenvalue weighted by molar-refractivity contribution is 0.187. The fourth-order valence-electron chi connectivity index (χ4n) is 5.63. The van der Waals surface area contributed by atoms with Crippen LogP contribution < -0.4 is 15.9 Å². The highest BCUT2D eigenvalue weighted by Crippen LogP contribution is 2.51. The Morgan fingerprint density at radius 3 is 2.76 bits per heavy atom. The third-order valence-electron chi connectivity index (χ3n) is 7.51. The van der Waals surface area contributed by atoms with Crippen LogP contribution in [0.5, 0.6) is 0 Å². The summed E-state index contributed by atoms with van der Waals surface area (Å²) in [6.45, 7) is 3.76. The van der Waals surface area contributed by atoms with Gasteiger partial charge in [0.25, 0.3) is 0 Å². The smallest absolute Gasteiger partial charge is 0.154 e. The molecule has 1 aliphatic heterocycles. The first kappa shape index (κ1) is 21.0. The van der Waals surface area contributed by atoms with Crippen molar-refractivity contribution in [3.8, 4) is 11.4 Å². The van der Waals surface area contributed by atoms with Gasteiger partial charge >= 0.3 is 0 Å². The topological polar surface area (TPSA) is 72.3 Å². The molecule has 2 N–H and O–H groups in total. The Hall–Kier alpha value is -2.53. The van der Waals surface area contributed by atoms with Crippen LogP contribution in [-0.4, -0.2) is 32.4 Å². The number of rotatable bonds is 2. The molecule has 4 heterocycles. The zero-order valence-corrected chi connectivity index (χ0v) is 20.4. The number of nitrogens with zero attached hydrogens (tertiary/aromatic N) is 5. The van der Waals surface area contributed by atoms with Crippen LogP contribution in [0, 0.1) is 12.3 Å². The largest absolute Gasteiger partial charge is 0.355 e. The minimum atomic E-state index is 0.0997. The summed E-state index contributed by atoms with van der Waals surface area (Å²) >= 11 is 6.55. The van der Waals surface area contributed by atoms with Gasteiger partial charge < -0.3 is 10.6 Å². The van der Waals surface area contributed by atoms with Crippen molar-refractivity contribution in [2.24, 2.45) is 11.1 Å². The maximum Gasteiger partial charge on any atom is 0.154 e. The molecule has 4 aromatic rings. The molecule has 1 fully saturated rings. The first-order chi connectivity index (χ1) is 16.0. The van der Waals surface area contributed by atoms with Gasteiger partial charge in [0.15, 0.2) is 5.82 Å². The van der Waals surface area contributed by atoms with Crippen molar-refractivity contribution in [1.29, 1.82) is 0 Å². The standard InChI is InChI=1S/C25H26ClN6P/c1-15-21(26)19(4-7-28-15)23-30-14-20-24(29-8-11-32(20)23)31-9-5-25(6-10-31)13-16-12-17(33)2-3-18(16)22(25)27/h2-4,7-8,11-12,14,22H,5-6,9-10,13,27,33H2,1H3. The average molecular weight is 477 g/mol. The van der Waals surface area contributed by atoms with E-state index in [0.717, 1.165) is 60.8 Å². The van der Waals surface area contributed by atoms with Crippen molar-refractivity contribution in [1.82, 2.24) is 19.4 Å². The van der Waals surface area contributed by atoms with E-state index in [1.54, 1.807) is 6.20 Å². The molecule has 1 aromatic carbocycles. The SMILES string of the molecule is Cc1nccc(-c2ncc3c(N4CCC5(CC4)Cc4cc(P)ccc4C5N)nccn23)c1Cl. The molecule has 0 amide bonds. The van der Waals surface area contributed by atoms with Gasteiger partial charge in [-0.3, -0.25) is 9.38 Å². The molecule has 8 heteroatoms. The Morgan fingerprint density at radius 2 is 1.94 bits per heavy atom. The third kappa shape index (κ3) is 3.27. The average Bonchev–Trinajstić information content (AvgIpc) is 3.35. The van der Waals surface area contributed by atoms with Gasteiger partial charge in [0.2, 0.25) is 0 Å². The van der Waals surface area contributed by atoms with Crippen LogP contribution in [0.1, 0.15) is 35.7 Å². The molecule has 2 aliphatic rings. The zero-order valence-electron chi connectivity index (χ0n) is 18.5. The van der Waals surface area contributed by atoms with Crippen molar-refractivity contribution in [2.75, 3.05) is 18.0 Å². The molecule has 6 rings (SSSR count). The van der Waals surface area contributed by atoms with E-state index >= 15 is 0 Å². The summed E-state index contributed by atoms with van der Waals surface area (Å²) in [6.07, 6.45) is 10.6. The van der Waals surface area contributed by atoms with Crippen molar-refractivity contribution in [3.63, 3.8) is 0 Å². The highest BCUT2D eigenvalue weighted by Gasteiger charge is 2.46. The number of piperidine rings is 1. The molecule has 1 saturated heterocycles. The van der Waals surface area contributed by atoms with E-state index in [1.807, 2.05) is 31.6 Å². The summed E-state index contributed by atoms with van der Waals surface area (Å²) < 4.78 is 2.07. The number of imidazole rings is 1. The summed E-state index contributed by atoms with van der Waals surface area (Å²) in [7, 11) is 2.80. The molecule has 1 spiro atoms. The second-order valence-electron chi connectivity index (χ2n) is 9.31. The fourth-order valence-corrected chi connectivity index (χ4v) is 6.12. The monoisotopic (exact) mass is 476 g/mol. The van der Waals surface area contributed by atoms with Gasteiger partial charge in [0.05, 0.1) is 16.9 Å². The fraction of sp³-hybridized carbons (Fsp3) is 0.320. The summed E-state index contributed by atoms with van der Waals surface area (Å²) in [4.78, 5) is 16.1. The molecule has 168 valence electrons. The van der Waals surface area contributed by atoms with Gasteiger partial charge in [0.1, 0.15) is 11.3 Å². The Balaban J connectivity index is 1.30.